The number of phenols is 1. The summed E-state index contributed by atoms with van der Waals surface area (Å²) in [5.41, 5.74) is 8.17. The monoisotopic (exact) mass is 348 g/mol. The highest BCUT2D eigenvalue weighted by Crippen LogP contribution is 2.56. The minimum Gasteiger partial charge on any atom is -0.508 e. The second-order valence-corrected chi connectivity index (χ2v) is 7.26. The summed E-state index contributed by atoms with van der Waals surface area (Å²) in [4.78, 5) is 0. The smallest absolute Gasteiger partial charge is 0.115 e. The van der Waals surface area contributed by atoms with E-state index in [1.807, 2.05) is 12.1 Å². The van der Waals surface area contributed by atoms with Crippen LogP contribution in [0.4, 0.5) is 0 Å². The van der Waals surface area contributed by atoms with Gasteiger partial charge in [-0.05, 0) is 52.4 Å². The zero-order valence-corrected chi connectivity index (χ0v) is 15.2. The van der Waals surface area contributed by atoms with Crippen molar-refractivity contribution >= 4 is 0 Å². The standard InChI is InChI=1S/C26H20O/c1-18-8-6-9-19(16-18)26(20-10-7-11-21(27)17-20)24-14-4-2-12-22(24)23-13-3-5-15-25(23)26/h2-17,27H,1H3. The highest BCUT2D eigenvalue weighted by Gasteiger charge is 2.45. The van der Waals surface area contributed by atoms with Gasteiger partial charge < -0.3 is 5.11 Å². The van der Waals surface area contributed by atoms with Crippen LogP contribution in [0.1, 0.15) is 27.8 Å². The van der Waals surface area contributed by atoms with Crippen LogP contribution < -0.4 is 0 Å². The lowest BCUT2D eigenvalue weighted by atomic mass is 9.67. The lowest BCUT2D eigenvalue weighted by molar-refractivity contribution is 0.473. The van der Waals surface area contributed by atoms with Crippen molar-refractivity contribution < 1.29 is 5.11 Å². The molecule has 0 amide bonds. The summed E-state index contributed by atoms with van der Waals surface area (Å²) >= 11 is 0. The summed E-state index contributed by atoms with van der Waals surface area (Å²) in [6, 6.07) is 33.7. The van der Waals surface area contributed by atoms with Gasteiger partial charge in [-0.1, -0.05) is 90.5 Å². The van der Waals surface area contributed by atoms with Crippen LogP contribution >= 0.6 is 0 Å². The molecule has 27 heavy (non-hydrogen) atoms. The van der Waals surface area contributed by atoms with Crippen LogP contribution in [-0.4, -0.2) is 5.11 Å². The molecule has 0 bridgehead atoms. The third-order valence-corrected chi connectivity index (χ3v) is 5.68. The Morgan fingerprint density at radius 1 is 0.593 bits per heavy atom. The van der Waals surface area contributed by atoms with Crippen molar-refractivity contribution in [2.75, 3.05) is 0 Å². The number of phenolic OH excluding ortho intramolecular Hbond substituents is 1. The molecule has 1 heteroatoms. The van der Waals surface area contributed by atoms with E-state index in [-0.39, 0.29) is 0 Å². The minimum absolute atomic E-state index is 0.293. The van der Waals surface area contributed by atoms with Crippen molar-refractivity contribution in [1.82, 2.24) is 0 Å². The van der Waals surface area contributed by atoms with Crippen molar-refractivity contribution in [1.29, 1.82) is 0 Å². The maximum atomic E-state index is 10.3. The van der Waals surface area contributed by atoms with E-state index in [1.54, 1.807) is 6.07 Å². The lowest BCUT2D eigenvalue weighted by Gasteiger charge is -2.34. The lowest BCUT2D eigenvalue weighted by Crippen LogP contribution is -2.28. The normalized spacial score (nSPS) is 13.8. The number of hydrogen-bond acceptors (Lipinski definition) is 1. The maximum absolute atomic E-state index is 10.3. The van der Waals surface area contributed by atoms with Gasteiger partial charge in [0.05, 0.1) is 5.41 Å². The average molecular weight is 348 g/mol. The zero-order chi connectivity index (χ0) is 18.4. The minimum atomic E-state index is -0.433. The highest BCUT2D eigenvalue weighted by molar-refractivity contribution is 5.86. The first kappa shape index (κ1) is 15.9. The van der Waals surface area contributed by atoms with Gasteiger partial charge in [0.25, 0.3) is 0 Å². The SMILES string of the molecule is Cc1cccc(C2(c3cccc(O)c3)c3ccccc3-c3ccccc32)c1. The van der Waals surface area contributed by atoms with E-state index in [4.69, 9.17) is 0 Å². The zero-order valence-electron chi connectivity index (χ0n) is 15.2. The van der Waals surface area contributed by atoms with Gasteiger partial charge in [-0.25, -0.2) is 0 Å². The maximum Gasteiger partial charge on any atom is 0.115 e. The summed E-state index contributed by atoms with van der Waals surface area (Å²) in [6.45, 7) is 2.13. The molecule has 130 valence electrons. The summed E-state index contributed by atoms with van der Waals surface area (Å²) in [5.74, 6) is 0.293. The summed E-state index contributed by atoms with van der Waals surface area (Å²) < 4.78 is 0. The van der Waals surface area contributed by atoms with Gasteiger partial charge in [-0.2, -0.15) is 0 Å². The molecule has 4 aromatic rings. The Hall–Kier alpha value is -3.32. The first-order chi connectivity index (χ1) is 13.2. The molecule has 0 saturated carbocycles. The Morgan fingerprint density at radius 2 is 1.15 bits per heavy atom. The van der Waals surface area contributed by atoms with Crippen molar-refractivity contribution in [3.8, 4) is 16.9 Å². The Kier molecular flexibility index (Phi) is 3.45. The van der Waals surface area contributed by atoms with Crippen molar-refractivity contribution in [3.05, 3.63) is 125 Å². The van der Waals surface area contributed by atoms with E-state index in [9.17, 15) is 5.11 Å². The molecule has 1 N–H and O–H groups in total. The fourth-order valence-electron chi connectivity index (χ4n) is 4.64. The van der Waals surface area contributed by atoms with Gasteiger partial charge in [0.2, 0.25) is 0 Å². The molecule has 1 nitrogen and oxygen atoms in total. The van der Waals surface area contributed by atoms with E-state index in [0.717, 1.165) is 5.56 Å². The molecule has 0 saturated heterocycles. The molecule has 0 spiro atoms. The molecule has 1 aliphatic rings. The number of hydrogen-bond donors (Lipinski definition) is 1. The quantitative estimate of drug-likeness (QED) is 0.411. The van der Waals surface area contributed by atoms with Crippen LogP contribution in [0.3, 0.4) is 0 Å². The van der Waals surface area contributed by atoms with Gasteiger partial charge >= 0.3 is 0 Å². The third kappa shape index (κ3) is 2.18. The molecule has 0 aromatic heterocycles. The molecule has 4 aromatic carbocycles. The van der Waals surface area contributed by atoms with Crippen LogP contribution in [0.2, 0.25) is 0 Å². The van der Waals surface area contributed by atoms with E-state index >= 15 is 0 Å². The molecular weight excluding hydrogens is 328 g/mol. The molecule has 0 unspecified atom stereocenters. The van der Waals surface area contributed by atoms with E-state index in [2.05, 4.69) is 85.8 Å². The number of fused-ring (bicyclic) bond motifs is 3. The van der Waals surface area contributed by atoms with Gasteiger partial charge in [-0.3, -0.25) is 0 Å². The van der Waals surface area contributed by atoms with Gasteiger partial charge in [0.1, 0.15) is 5.75 Å². The van der Waals surface area contributed by atoms with Crippen LogP contribution in [0.5, 0.6) is 5.75 Å². The molecule has 1 aliphatic carbocycles. The Balaban J connectivity index is 1.98. The summed E-state index contributed by atoms with van der Waals surface area (Å²) in [6.07, 6.45) is 0. The molecule has 0 radical (unpaired) electrons. The number of rotatable bonds is 2. The number of aromatic hydroxyl groups is 1. The van der Waals surface area contributed by atoms with Gasteiger partial charge in [-0.15, -0.1) is 0 Å². The average Bonchev–Trinajstić information content (AvgIpc) is 3.00. The van der Waals surface area contributed by atoms with Gasteiger partial charge in [0, 0.05) is 0 Å². The fraction of sp³-hybridized carbons (Fsp3) is 0.0769. The highest BCUT2D eigenvalue weighted by atomic mass is 16.3. The van der Waals surface area contributed by atoms with Crippen LogP contribution in [-0.2, 0) is 5.41 Å². The number of aryl methyl sites for hydroxylation is 1. The van der Waals surface area contributed by atoms with Crippen LogP contribution in [0.25, 0.3) is 11.1 Å². The molecule has 0 atom stereocenters. The Bertz CT molecular complexity index is 1060. The molecule has 5 rings (SSSR count). The Morgan fingerprint density at radius 3 is 1.74 bits per heavy atom. The van der Waals surface area contributed by atoms with Gasteiger partial charge in [0.15, 0.2) is 0 Å². The molecule has 0 heterocycles. The first-order valence-electron chi connectivity index (χ1n) is 9.27. The fourth-order valence-corrected chi connectivity index (χ4v) is 4.64. The molecular formula is C26H20O. The second kappa shape index (κ2) is 5.85. The Labute approximate surface area is 159 Å². The number of benzene rings is 4. The van der Waals surface area contributed by atoms with Crippen molar-refractivity contribution in [2.24, 2.45) is 0 Å². The first-order valence-corrected chi connectivity index (χ1v) is 9.27. The van der Waals surface area contributed by atoms with E-state index in [0.29, 0.717) is 5.75 Å². The van der Waals surface area contributed by atoms with Crippen LogP contribution in [0.15, 0.2) is 97.1 Å². The predicted octanol–water partition coefficient (Wildman–Crippen LogP) is 6.06. The topological polar surface area (TPSA) is 20.2 Å². The third-order valence-electron chi connectivity index (χ3n) is 5.68. The summed E-state index contributed by atoms with van der Waals surface area (Å²) in [5, 5.41) is 10.3. The van der Waals surface area contributed by atoms with Crippen molar-refractivity contribution in [2.45, 2.75) is 12.3 Å². The van der Waals surface area contributed by atoms with Crippen molar-refractivity contribution in [3.63, 3.8) is 0 Å². The van der Waals surface area contributed by atoms with Crippen LogP contribution in [0, 0.1) is 6.92 Å². The largest absolute Gasteiger partial charge is 0.508 e. The molecule has 0 fully saturated rings. The summed E-state index contributed by atoms with van der Waals surface area (Å²) in [7, 11) is 0. The van der Waals surface area contributed by atoms with E-state index in [1.165, 1.54) is 33.4 Å². The molecule has 0 aliphatic heterocycles. The van der Waals surface area contributed by atoms with E-state index < -0.39 is 5.41 Å². The second-order valence-electron chi connectivity index (χ2n) is 7.26. The predicted molar refractivity (Wildman–Crippen MR) is 110 cm³/mol.